The summed E-state index contributed by atoms with van der Waals surface area (Å²) >= 11 is 1.93. The van der Waals surface area contributed by atoms with Gasteiger partial charge in [-0.3, -0.25) is 4.98 Å². The molecule has 1 rings (SSSR count). The summed E-state index contributed by atoms with van der Waals surface area (Å²) in [5, 5.41) is 3.53. The van der Waals surface area contributed by atoms with Gasteiger partial charge in [0.2, 0.25) is 0 Å². The van der Waals surface area contributed by atoms with Crippen molar-refractivity contribution in [1.82, 2.24) is 10.3 Å². The predicted molar refractivity (Wildman–Crippen MR) is 76.6 cm³/mol. The molecular formula is C14H24N2S. The van der Waals surface area contributed by atoms with Crippen molar-refractivity contribution in [3.05, 3.63) is 24.5 Å². The first-order chi connectivity index (χ1) is 8.33. The fraction of sp³-hybridized carbons (Fsp3) is 0.643. The van der Waals surface area contributed by atoms with E-state index in [1.807, 2.05) is 24.2 Å². The van der Waals surface area contributed by atoms with Gasteiger partial charge in [0.1, 0.15) is 0 Å². The van der Waals surface area contributed by atoms with Crippen LogP contribution in [0.15, 0.2) is 29.4 Å². The van der Waals surface area contributed by atoms with Crippen LogP contribution in [0.5, 0.6) is 0 Å². The van der Waals surface area contributed by atoms with Crippen molar-refractivity contribution in [1.29, 1.82) is 0 Å². The Bertz CT molecular complexity index is 277. The molecule has 1 atom stereocenters. The summed E-state index contributed by atoms with van der Waals surface area (Å²) in [7, 11) is 0. The SMILES string of the molecule is CCCNC(C)CCCCSc1ccncc1. The largest absolute Gasteiger partial charge is 0.314 e. The monoisotopic (exact) mass is 252 g/mol. The lowest BCUT2D eigenvalue weighted by atomic mass is 10.1. The Labute approximate surface area is 110 Å². The molecule has 0 saturated carbocycles. The fourth-order valence-electron chi connectivity index (χ4n) is 1.67. The minimum Gasteiger partial charge on any atom is -0.314 e. The third-order valence-electron chi connectivity index (χ3n) is 2.69. The van der Waals surface area contributed by atoms with Crippen molar-refractivity contribution in [2.45, 2.75) is 50.5 Å². The van der Waals surface area contributed by atoms with Crippen LogP contribution in [0.2, 0.25) is 0 Å². The first-order valence-corrected chi connectivity index (χ1v) is 7.57. The first kappa shape index (κ1) is 14.5. The van der Waals surface area contributed by atoms with Gasteiger partial charge in [0.25, 0.3) is 0 Å². The average molecular weight is 252 g/mol. The second-order valence-electron chi connectivity index (χ2n) is 4.38. The maximum atomic E-state index is 4.02. The van der Waals surface area contributed by atoms with Crippen LogP contribution in [0.1, 0.15) is 39.5 Å². The molecule has 0 aliphatic rings. The van der Waals surface area contributed by atoms with Crippen molar-refractivity contribution in [3.8, 4) is 0 Å². The van der Waals surface area contributed by atoms with Gasteiger partial charge in [-0.25, -0.2) is 0 Å². The highest BCUT2D eigenvalue weighted by molar-refractivity contribution is 7.99. The van der Waals surface area contributed by atoms with Crippen LogP contribution >= 0.6 is 11.8 Å². The fourth-order valence-corrected chi connectivity index (χ4v) is 2.57. The maximum absolute atomic E-state index is 4.02. The van der Waals surface area contributed by atoms with Crippen molar-refractivity contribution in [2.24, 2.45) is 0 Å². The van der Waals surface area contributed by atoms with Crippen molar-refractivity contribution in [2.75, 3.05) is 12.3 Å². The minimum absolute atomic E-state index is 0.667. The molecule has 0 radical (unpaired) electrons. The van der Waals surface area contributed by atoms with Crippen LogP contribution in [0.3, 0.4) is 0 Å². The van der Waals surface area contributed by atoms with Crippen molar-refractivity contribution < 1.29 is 0 Å². The zero-order valence-electron chi connectivity index (χ0n) is 11.0. The third kappa shape index (κ3) is 7.40. The number of nitrogens with one attached hydrogen (secondary N) is 1. The van der Waals surface area contributed by atoms with E-state index in [2.05, 4.69) is 36.3 Å². The molecule has 17 heavy (non-hydrogen) atoms. The number of hydrogen-bond acceptors (Lipinski definition) is 3. The molecule has 0 amide bonds. The Morgan fingerprint density at radius 2 is 2.06 bits per heavy atom. The lowest BCUT2D eigenvalue weighted by molar-refractivity contribution is 0.496. The van der Waals surface area contributed by atoms with Crippen LogP contribution in [0.25, 0.3) is 0 Å². The van der Waals surface area contributed by atoms with E-state index in [0.717, 1.165) is 6.54 Å². The summed E-state index contributed by atoms with van der Waals surface area (Å²) in [6, 6.07) is 4.83. The van der Waals surface area contributed by atoms with Gasteiger partial charge in [0, 0.05) is 23.3 Å². The maximum Gasteiger partial charge on any atom is 0.0278 e. The number of hydrogen-bond donors (Lipinski definition) is 1. The lowest BCUT2D eigenvalue weighted by Gasteiger charge is -2.12. The van der Waals surface area contributed by atoms with Crippen molar-refractivity contribution in [3.63, 3.8) is 0 Å². The van der Waals surface area contributed by atoms with Gasteiger partial charge in [-0.15, -0.1) is 11.8 Å². The predicted octanol–water partition coefficient (Wildman–Crippen LogP) is 3.73. The van der Waals surface area contributed by atoms with Gasteiger partial charge < -0.3 is 5.32 Å². The molecule has 1 heterocycles. The second-order valence-corrected chi connectivity index (χ2v) is 5.55. The smallest absolute Gasteiger partial charge is 0.0278 e. The first-order valence-electron chi connectivity index (χ1n) is 6.59. The van der Waals surface area contributed by atoms with E-state index in [9.17, 15) is 0 Å². The Hall–Kier alpha value is -0.540. The molecule has 0 aromatic carbocycles. The van der Waals surface area contributed by atoms with Gasteiger partial charge in [0.05, 0.1) is 0 Å². The molecule has 96 valence electrons. The number of rotatable bonds is 9. The lowest BCUT2D eigenvalue weighted by Crippen LogP contribution is -2.26. The number of unbranched alkanes of at least 4 members (excludes halogenated alkanes) is 1. The van der Waals surface area contributed by atoms with Gasteiger partial charge in [-0.1, -0.05) is 13.3 Å². The van der Waals surface area contributed by atoms with Crippen LogP contribution in [0, 0.1) is 0 Å². The van der Waals surface area contributed by atoms with E-state index in [1.54, 1.807) is 0 Å². The van der Waals surface area contributed by atoms with Crippen LogP contribution in [-0.2, 0) is 0 Å². The zero-order valence-corrected chi connectivity index (χ0v) is 11.8. The molecule has 1 unspecified atom stereocenters. The highest BCUT2D eigenvalue weighted by Crippen LogP contribution is 2.18. The number of nitrogens with zero attached hydrogens (tertiary/aromatic N) is 1. The van der Waals surface area contributed by atoms with E-state index in [-0.39, 0.29) is 0 Å². The molecule has 3 heteroatoms. The molecule has 0 aliphatic carbocycles. The number of pyridine rings is 1. The molecule has 1 N–H and O–H groups in total. The highest BCUT2D eigenvalue weighted by atomic mass is 32.2. The number of thioether (sulfide) groups is 1. The van der Waals surface area contributed by atoms with E-state index in [1.165, 1.54) is 36.3 Å². The number of aromatic nitrogens is 1. The molecule has 2 nitrogen and oxygen atoms in total. The third-order valence-corrected chi connectivity index (χ3v) is 3.79. The summed E-state index contributed by atoms with van der Waals surface area (Å²) in [6.07, 6.45) is 8.85. The van der Waals surface area contributed by atoms with Gasteiger partial charge in [-0.05, 0) is 50.6 Å². The molecular weight excluding hydrogens is 228 g/mol. The Kier molecular flexibility index (Phi) is 8.10. The van der Waals surface area contributed by atoms with Gasteiger partial charge >= 0.3 is 0 Å². The van der Waals surface area contributed by atoms with Gasteiger partial charge in [0.15, 0.2) is 0 Å². The Balaban J connectivity index is 1.97. The molecule has 0 aliphatic heterocycles. The highest BCUT2D eigenvalue weighted by Gasteiger charge is 2.00. The summed E-state index contributed by atoms with van der Waals surface area (Å²) in [5.74, 6) is 1.21. The van der Waals surface area contributed by atoms with E-state index in [4.69, 9.17) is 0 Å². The summed E-state index contributed by atoms with van der Waals surface area (Å²) in [6.45, 7) is 5.64. The van der Waals surface area contributed by atoms with Crippen LogP contribution < -0.4 is 5.32 Å². The summed E-state index contributed by atoms with van der Waals surface area (Å²) in [5.41, 5.74) is 0. The topological polar surface area (TPSA) is 24.9 Å². The minimum atomic E-state index is 0.667. The van der Waals surface area contributed by atoms with Gasteiger partial charge in [-0.2, -0.15) is 0 Å². The quantitative estimate of drug-likeness (QED) is 0.535. The zero-order chi connectivity index (χ0) is 12.3. The van der Waals surface area contributed by atoms with Crippen LogP contribution in [-0.4, -0.2) is 23.3 Å². The van der Waals surface area contributed by atoms with E-state index >= 15 is 0 Å². The molecule has 0 bridgehead atoms. The van der Waals surface area contributed by atoms with Crippen LogP contribution in [0.4, 0.5) is 0 Å². The summed E-state index contributed by atoms with van der Waals surface area (Å²) in [4.78, 5) is 5.35. The molecule has 1 aromatic heterocycles. The normalized spacial score (nSPS) is 12.6. The van der Waals surface area contributed by atoms with Crippen molar-refractivity contribution >= 4 is 11.8 Å². The average Bonchev–Trinajstić information content (AvgIpc) is 2.37. The summed E-state index contributed by atoms with van der Waals surface area (Å²) < 4.78 is 0. The van der Waals surface area contributed by atoms with E-state index < -0.39 is 0 Å². The Morgan fingerprint density at radius 3 is 2.76 bits per heavy atom. The second kappa shape index (κ2) is 9.49. The van der Waals surface area contributed by atoms with E-state index in [0.29, 0.717) is 6.04 Å². The molecule has 1 aromatic rings. The standard InChI is InChI=1S/C14H24N2S/c1-3-9-16-13(2)6-4-5-12-17-14-7-10-15-11-8-14/h7-8,10-11,13,16H,3-6,9,12H2,1-2H3. The molecule has 0 saturated heterocycles. The Morgan fingerprint density at radius 1 is 1.29 bits per heavy atom. The molecule has 0 spiro atoms. The molecule has 0 fully saturated rings.